The van der Waals surface area contributed by atoms with Gasteiger partial charge in [0.15, 0.2) is 0 Å². The third-order valence-corrected chi connectivity index (χ3v) is 4.23. The van der Waals surface area contributed by atoms with Crippen LogP contribution in [0.3, 0.4) is 0 Å². The summed E-state index contributed by atoms with van der Waals surface area (Å²) in [5, 5.41) is 0. The van der Waals surface area contributed by atoms with Crippen LogP contribution in [0.15, 0.2) is 0 Å². The predicted octanol–water partition coefficient (Wildman–Crippen LogP) is 2.94. The van der Waals surface area contributed by atoms with Crippen molar-refractivity contribution in [2.75, 3.05) is 33.4 Å². The van der Waals surface area contributed by atoms with Gasteiger partial charge in [0.2, 0.25) is 0 Å². The maximum absolute atomic E-state index is 2.66. The van der Waals surface area contributed by atoms with E-state index in [2.05, 4.69) is 16.8 Å². The summed E-state index contributed by atoms with van der Waals surface area (Å²) in [7, 11) is 2.24. The Balaban J connectivity index is 1.73. The molecule has 1 heterocycles. The second-order valence-electron chi connectivity index (χ2n) is 5.86. The molecule has 0 amide bonds. The van der Waals surface area contributed by atoms with E-state index in [1.807, 2.05) is 0 Å². The largest absolute Gasteiger partial charge is 0.292 e. The molecule has 2 aliphatic rings. The van der Waals surface area contributed by atoms with Crippen LogP contribution in [0, 0.1) is 5.92 Å². The van der Waals surface area contributed by atoms with Gasteiger partial charge in [-0.15, -0.1) is 0 Å². The van der Waals surface area contributed by atoms with Gasteiger partial charge in [0.05, 0.1) is 6.67 Å². The van der Waals surface area contributed by atoms with E-state index >= 15 is 0 Å². The Kier molecular flexibility index (Phi) is 5.11. The van der Waals surface area contributed by atoms with Crippen molar-refractivity contribution in [1.82, 2.24) is 9.80 Å². The summed E-state index contributed by atoms with van der Waals surface area (Å²) in [5.41, 5.74) is 0. The molecule has 0 radical (unpaired) electrons. The quantitative estimate of drug-likeness (QED) is 0.711. The Bertz CT molecular complexity index is 183. The SMILES string of the molecule is CN1CCN(CC2CCCCCCCC2)C1. The van der Waals surface area contributed by atoms with E-state index in [9.17, 15) is 0 Å². The van der Waals surface area contributed by atoms with Crippen LogP contribution in [-0.2, 0) is 0 Å². The van der Waals surface area contributed by atoms with Crippen molar-refractivity contribution in [3.8, 4) is 0 Å². The number of rotatable bonds is 2. The molecule has 2 fully saturated rings. The molecule has 0 bridgehead atoms. The first kappa shape index (κ1) is 12.4. The van der Waals surface area contributed by atoms with Crippen LogP contribution in [-0.4, -0.2) is 43.2 Å². The zero-order valence-corrected chi connectivity index (χ0v) is 11.0. The van der Waals surface area contributed by atoms with Crippen LogP contribution >= 0.6 is 0 Å². The van der Waals surface area contributed by atoms with Gasteiger partial charge in [0.25, 0.3) is 0 Å². The fourth-order valence-corrected chi connectivity index (χ4v) is 3.21. The second kappa shape index (κ2) is 6.61. The summed E-state index contributed by atoms with van der Waals surface area (Å²) in [6.07, 6.45) is 11.9. The molecule has 2 rings (SSSR count). The topological polar surface area (TPSA) is 6.48 Å². The lowest BCUT2D eigenvalue weighted by Gasteiger charge is -2.23. The first-order valence-corrected chi connectivity index (χ1v) is 7.25. The molecule has 0 spiro atoms. The van der Waals surface area contributed by atoms with E-state index in [0.717, 1.165) is 5.92 Å². The fraction of sp³-hybridized carbons (Fsp3) is 1.00. The summed E-state index contributed by atoms with van der Waals surface area (Å²) in [6, 6.07) is 0. The van der Waals surface area contributed by atoms with Gasteiger partial charge in [-0.25, -0.2) is 0 Å². The third kappa shape index (κ3) is 4.06. The molecule has 0 unspecified atom stereocenters. The smallest absolute Gasteiger partial charge is 0.0504 e. The van der Waals surface area contributed by atoms with Gasteiger partial charge < -0.3 is 0 Å². The summed E-state index contributed by atoms with van der Waals surface area (Å²) in [4.78, 5) is 5.09. The molecular formula is C14H28N2. The van der Waals surface area contributed by atoms with Gasteiger partial charge in [0, 0.05) is 19.6 Å². The molecule has 2 heteroatoms. The van der Waals surface area contributed by atoms with Gasteiger partial charge in [-0.2, -0.15) is 0 Å². The predicted molar refractivity (Wildman–Crippen MR) is 69.5 cm³/mol. The molecule has 0 aromatic carbocycles. The molecule has 1 aliphatic carbocycles. The van der Waals surface area contributed by atoms with Crippen LogP contribution < -0.4 is 0 Å². The third-order valence-electron chi connectivity index (χ3n) is 4.23. The lowest BCUT2D eigenvalue weighted by Crippen LogP contribution is -2.29. The van der Waals surface area contributed by atoms with Gasteiger partial charge in [-0.05, 0) is 25.8 Å². The Morgan fingerprint density at radius 2 is 1.50 bits per heavy atom. The van der Waals surface area contributed by atoms with E-state index < -0.39 is 0 Å². The maximum atomic E-state index is 2.66. The zero-order chi connectivity index (χ0) is 11.2. The molecule has 2 nitrogen and oxygen atoms in total. The highest BCUT2D eigenvalue weighted by Gasteiger charge is 2.20. The van der Waals surface area contributed by atoms with E-state index in [1.165, 1.54) is 77.7 Å². The van der Waals surface area contributed by atoms with Gasteiger partial charge in [-0.1, -0.05) is 38.5 Å². The molecular weight excluding hydrogens is 196 g/mol. The standard InChI is InChI=1S/C14H28N2/c1-15-10-11-16(13-15)12-14-8-6-4-2-3-5-7-9-14/h14H,2-13H2,1H3. The number of likely N-dealkylation sites (N-methyl/N-ethyl adjacent to an activating group) is 1. The Hall–Kier alpha value is -0.0800. The van der Waals surface area contributed by atoms with Gasteiger partial charge >= 0.3 is 0 Å². The molecule has 94 valence electrons. The van der Waals surface area contributed by atoms with Gasteiger partial charge in [-0.3, -0.25) is 9.80 Å². The van der Waals surface area contributed by atoms with Gasteiger partial charge in [0.1, 0.15) is 0 Å². The highest BCUT2D eigenvalue weighted by atomic mass is 15.4. The minimum absolute atomic E-state index is 0.990. The Morgan fingerprint density at radius 3 is 2.06 bits per heavy atom. The maximum Gasteiger partial charge on any atom is 0.0504 e. The van der Waals surface area contributed by atoms with Crippen molar-refractivity contribution in [3.05, 3.63) is 0 Å². The van der Waals surface area contributed by atoms with E-state index in [1.54, 1.807) is 0 Å². The second-order valence-corrected chi connectivity index (χ2v) is 5.86. The first-order valence-electron chi connectivity index (χ1n) is 7.25. The summed E-state index contributed by atoms with van der Waals surface area (Å²) in [5.74, 6) is 0.990. The van der Waals surface area contributed by atoms with Crippen molar-refractivity contribution in [3.63, 3.8) is 0 Å². The van der Waals surface area contributed by atoms with Crippen LogP contribution in [0.5, 0.6) is 0 Å². The van der Waals surface area contributed by atoms with E-state index in [-0.39, 0.29) is 0 Å². The Morgan fingerprint density at radius 1 is 0.875 bits per heavy atom. The minimum Gasteiger partial charge on any atom is -0.292 e. The van der Waals surface area contributed by atoms with E-state index in [0.29, 0.717) is 0 Å². The van der Waals surface area contributed by atoms with Crippen molar-refractivity contribution in [2.45, 2.75) is 51.4 Å². The molecule has 1 saturated carbocycles. The molecule has 0 atom stereocenters. The average molecular weight is 224 g/mol. The molecule has 0 aromatic rings. The van der Waals surface area contributed by atoms with Crippen LogP contribution in [0.25, 0.3) is 0 Å². The van der Waals surface area contributed by atoms with Crippen molar-refractivity contribution < 1.29 is 0 Å². The first-order chi connectivity index (χ1) is 7.84. The molecule has 1 saturated heterocycles. The lowest BCUT2D eigenvalue weighted by molar-refractivity contribution is 0.222. The summed E-state index contributed by atoms with van der Waals surface area (Å²) in [6.45, 7) is 5.14. The fourth-order valence-electron chi connectivity index (χ4n) is 3.21. The Labute approximate surface area is 101 Å². The average Bonchev–Trinajstić information content (AvgIpc) is 2.71. The number of nitrogens with zero attached hydrogens (tertiary/aromatic N) is 2. The lowest BCUT2D eigenvalue weighted by atomic mass is 9.96. The number of hydrogen-bond acceptors (Lipinski definition) is 2. The zero-order valence-electron chi connectivity index (χ0n) is 11.0. The highest BCUT2D eigenvalue weighted by molar-refractivity contribution is 4.73. The summed E-state index contributed by atoms with van der Waals surface area (Å²) >= 11 is 0. The monoisotopic (exact) mass is 224 g/mol. The van der Waals surface area contributed by atoms with Crippen LogP contribution in [0.2, 0.25) is 0 Å². The molecule has 1 aliphatic heterocycles. The van der Waals surface area contributed by atoms with Crippen LogP contribution in [0.4, 0.5) is 0 Å². The molecule has 0 aromatic heterocycles. The minimum atomic E-state index is 0.990. The highest BCUT2D eigenvalue weighted by Crippen LogP contribution is 2.23. The molecule has 16 heavy (non-hydrogen) atoms. The molecule has 0 N–H and O–H groups in total. The van der Waals surface area contributed by atoms with Crippen LogP contribution in [0.1, 0.15) is 51.4 Å². The number of hydrogen-bond donors (Lipinski definition) is 0. The summed E-state index contributed by atoms with van der Waals surface area (Å²) < 4.78 is 0. The van der Waals surface area contributed by atoms with Crippen molar-refractivity contribution in [2.24, 2.45) is 5.92 Å². The van der Waals surface area contributed by atoms with E-state index in [4.69, 9.17) is 0 Å². The normalized spacial score (nSPS) is 27.6. The van der Waals surface area contributed by atoms with Crippen molar-refractivity contribution >= 4 is 0 Å². The van der Waals surface area contributed by atoms with Crippen molar-refractivity contribution in [1.29, 1.82) is 0 Å².